The fraction of sp³-hybridized carbons (Fsp3) is 0.217. The third kappa shape index (κ3) is 6.07. The van der Waals surface area contributed by atoms with Gasteiger partial charge < -0.3 is 10.1 Å². The van der Waals surface area contributed by atoms with Crippen LogP contribution >= 0.6 is 11.6 Å². The van der Waals surface area contributed by atoms with E-state index in [1.165, 1.54) is 46.9 Å². The molecular formula is C23H23ClFN3O4S. The van der Waals surface area contributed by atoms with E-state index in [1.54, 1.807) is 32.0 Å². The van der Waals surface area contributed by atoms with E-state index < -0.39 is 21.7 Å². The van der Waals surface area contributed by atoms with Crippen molar-refractivity contribution >= 4 is 27.5 Å². The average Bonchev–Trinajstić information content (AvgIpc) is 2.79. The Morgan fingerprint density at radius 2 is 1.88 bits per heavy atom. The molecule has 7 nitrogen and oxygen atoms in total. The molecule has 0 spiro atoms. The van der Waals surface area contributed by atoms with Crippen LogP contribution in [0.15, 0.2) is 65.7 Å². The Kier molecular flexibility index (Phi) is 8.01. The van der Waals surface area contributed by atoms with E-state index in [9.17, 15) is 17.6 Å². The number of nitrogens with one attached hydrogen (secondary N) is 1. The Balaban J connectivity index is 1.68. The van der Waals surface area contributed by atoms with E-state index in [4.69, 9.17) is 16.3 Å². The van der Waals surface area contributed by atoms with Crippen molar-refractivity contribution in [2.75, 3.05) is 13.1 Å². The number of aromatic nitrogens is 1. The number of nitrogens with zero attached hydrogens (tertiary/aromatic N) is 2. The number of carbonyl (C=O) groups excluding carboxylic acids is 1. The SMILES string of the molecule is CCN(CC)S(=O)(=O)c1ccc(Cl)c(C(=O)NCc2ccc(Oc3cccc(F)c3)nc2)c1. The maximum Gasteiger partial charge on any atom is 0.253 e. The lowest BCUT2D eigenvalue weighted by Crippen LogP contribution is -2.31. The molecule has 0 bridgehead atoms. The molecule has 1 amide bonds. The number of hydrogen-bond acceptors (Lipinski definition) is 5. The summed E-state index contributed by atoms with van der Waals surface area (Å²) in [6, 6.07) is 13.0. The molecule has 0 radical (unpaired) electrons. The molecule has 33 heavy (non-hydrogen) atoms. The lowest BCUT2D eigenvalue weighted by Gasteiger charge is -2.19. The van der Waals surface area contributed by atoms with Gasteiger partial charge in [-0.05, 0) is 35.9 Å². The summed E-state index contributed by atoms with van der Waals surface area (Å²) >= 11 is 6.15. The standard InChI is InChI=1S/C23H23ClFN3O4S/c1-3-28(4-2)33(30,31)19-9-10-21(24)20(13-19)23(29)27-15-16-8-11-22(26-14-16)32-18-7-5-6-17(25)12-18/h5-14H,3-4,15H2,1-2H3,(H,27,29). The van der Waals surface area contributed by atoms with Crippen molar-refractivity contribution in [3.05, 3.63) is 82.8 Å². The van der Waals surface area contributed by atoms with Gasteiger partial charge in [-0.3, -0.25) is 4.79 Å². The lowest BCUT2D eigenvalue weighted by molar-refractivity contribution is 0.0951. The number of benzene rings is 2. The highest BCUT2D eigenvalue weighted by Gasteiger charge is 2.23. The van der Waals surface area contributed by atoms with Crippen LogP contribution in [0.4, 0.5) is 4.39 Å². The zero-order valence-electron chi connectivity index (χ0n) is 18.1. The summed E-state index contributed by atoms with van der Waals surface area (Å²) in [6.45, 7) is 4.25. The summed E-state index contributed by atoms with van der Waals surface area (Å²) in [5, 5.41) is 2.85. The second-order valence-electron chi connectivity index (χ2n) is 6.98. The Labute approximate surface area is 197 Å². The summed E-state index contributed by atoms with van der Waals surface area (Å²) in [7, 11) is -3.73. The Bertz CT molecular complexity index is 1230. The summed E-state index contributed by atoms with van der Waals surface area (Å²) in [5.41, 5.74) is 0.738. The van der Waals surface area contributed by atoms with Crippen LogP contribution in [-0.4, -0.2) is 36.7 Å². The number of ether oxygens (including phenoxy) is 1. The second-order valence-corrected chi connectivity index (χ2v) is 9.32. The molecule has 2 aromatic carbocycles. The van der Waals surface area contributed by atoms with E-state index in [2.05, 4.69) is 10.3 Å². The molecule has 1 aromatic heterocycles. The van der Waals surface area contributed by atoms with Crippen molar-refractivity contribution in [3.8, 4) is 11.6 Å². The highest BCUT2D eigenvalue weighted by Crippen LogP contribution is 2.23. The molecule has 3 aromatic rings. The smallest absolute Gasteiger partial charge is 0.253 e. The van der Waals surface area contributed by atoms with Gasteiger partial charge in [0.05, 0.1) is 15.5 Å². The number of carbonyl (C=O) groups is 1. The first kappa shape index (κ1) is 24.6. The van der Waals surface area contributed by atoms with E-state index >= 15 is 0 Å². The van der Waals surface area contributed by atoms with Crippen LogP contribution in [0.3, 0.4) is 0 Å². The van der Waals surface area contributed by atoms with E-state index in [0.717, 1.165) is 0 Å². The minimum Gasteiger partial charge on any atom is -0.439 e. The largest absolute Gasteiger partial charge is 0.439 e. The average molecular weight is 492 g/mol. The molecule has 0 saturated carbocycles. The van der Waals surface area contributed by atoms with Crippen LogP contribution in [0.1, 0.15) is 29.8 Å². The highest BCUT2D eigenvalue weighted by molar-refractivity contribution is 7.89. The van der Waals surface area contributed by atoms with Gasteiger partial charge in [-0.25, -0.2) is 17.8 Å². The maximum absolute atomic E-state index is 13.3. The van der Waals surface area contributed by atoms with Gasteiger partial charge in [0.15, 0.2) is 0 Å². The van der Waals surface area contributed by atoms with Gasteiger partial charge in [0.2, 0.25) is 15.9 Å². The van der Waals surface area contributed by atoms with Gasteiger partial charge in [0.25, 0.3) is 5.91 Å². The van der Waals surface area contributed by atoms with Gasteiger partial charge in [0.1, 0.15) is 11.6 Å². The molecule has 0 aliphatic rings. The third-order valence-corrected chi connectivity index (χ3v) is 7.17. The predicted molar refractivity (Wildman–Crippen MR) is 123 cm³/mol. The monoisotopic (exact) mass is 491 g/mol. The van der Waals surface area contributed by atoms with E-state index in [1.807, 2.05) is 0 Å². The first-order valence-electron chi connectivity index (χ1n) is 10.2. The van der Waals surface area contributed by atoms with Crippen LogP contribution < -0.4 is 10.1 Å². The minimum atomic E-state index is -3.73. The zero-order valence-corrected chi connectivity index (χ0v) is 19.7. The van der Waals surface area contributed by atoms with Crippen molar-refractivity contribution in [2.45, 2.75) is 25.3 Å². The topological polar surface area (TPSA) is 88.6 Å². The molecule has 3 rings (SSSR count). The minimum absolute atomic E-state index is 0.00117. The summed E-state index contributed by atoms with van der Waals surface area (Å²) < 4.78 is 45.6. The second kappa shape index (κ2) is 10.7. The number of sulfonamides is 1. The predicted octanol–water partition coefficient (Wildman–Crippen LogP) is 4.63. The molecular weight excluding hydrogens is 469 g/mol. The van der Waals surface area contributed by atoms with Gasteiger partial charge >= 0.3 is 0 Å². The summed E-state index contributed by atoms with van der Waals surface area (Å²) in [4.78, 5) is 16.8. The number of hydrogen-bond donors (Lipinski definition) is 1. The molecule has 1 N–H and O–H groups in total. The maximum atomic E-state index is 13.3. The Morgan fingerprint density at radius 3 is 2.52 bits per heavy atom. The van der Waals surface area contributed by atoms with Gasteiger partial charge in [0, 0.05) is 38.0 Å². The fourth-order valence-electron chi connectivity index (χ4n) is 3.06. The molecule has 0 aliphatic carbocycles. The van der Waals surface area contributed by atoms with E-state index in [-0.39, 0.29) is 27.9 Å². The van der Waals surface area contributed by atoms with Crippen LogP contribution in [0, 0.1) is 5.82 Å². The van der Waals surface area contributed by atoms with Crippen molar-refractivity contribution in [2.24, 2.45) is 0 Å². The number of halogens is 2. The van der Waals surface area contributed by atoms with Crippen molar-refractivity contribution < 1.29 is 22.3 Å². The fourth-order valence-corrected chi connectivity index (χ4v) is 4.74. The molecule has 1 heterocycles. The molecule has 0 aliphatic heterocycles. The van der Waals surface area contributed by atoms with Gasteiger partial charge in [-0.2, -0.15) is 4.31 Å². The number of rotatable bonds is 9. The Hall–Kier alpha value is -3.01. The van der Waals surface area contributed by atoms with Gasteiger partial charge in [-0.1, -0.05) is 37.6 Å². The molecule has 174 valence electrons. The third-order valence-electron chi connectivity index (χ3n) is 4.79. The van der Waals surface area contributed by atoms with Crippen LogP contribution in [0.2, 0.25) is 5.02 Å². The van der Waals surface area contributed by atoms with Crippen molar-refractivity contribution in [1.29, 1.82) is 0 Å². The molecule has 0 saturated heterocycles. The number of amides is 1. The van der Waals surface area contributed by atoms with Crippen LogP contribution in [0.25, 0.3) is 0 Å². The first-order chi connectivity index (χ1) is 15.7. The van der Waals surface area contributed by atoms with Gasteiger partial charge in [-0.15, -0.1) is 0 Å². The molecule has 10 heteroatoms. The number of pyridine rings is 1. The van der Waals surface area contributed by atoms with Crippen molar-refractivity contribution in [3.63, 3.8) is 0 Å². The quantitative estimate of drug-likeness (QED) is 0.471. The molecule has 0 unspecified atom stereocenters. The normalized spacial score (nSPS) is 11.4. The molecule has 0 fully saturated rings. The first-order valence-corrected chi connectivity index (χ1v) is 12.0. The highest BCUT2D eigenvalue weighted by atomic mass is 35.5. The lowest BCUT2D eigenvalue weighted by atomic mass is 10.2. The Morgan fingerprint density at radius 1 is 1.12 bits per heavy atom. The zero-order chi connectivity index (χ0) is 24.0. The van der Waals surface area contributed by atoms with E-state index in [0.29, 0.717) is 24.4 Å². The van der Waals surface area contributed by atoms with Crippen LogP contribution in [0.5, 0.6) is 11.6 Å². The van der Waals surface area contributed by atoms with Crippen molar-refractivity contribution in [1.82, 2.24) is 14.6 Å². The van der Waals surface area contributed by atoms with Crippen LogP contribution in [-0.2, 0) is 16.6 Å². The summed E-state index contributed by atoms with van der Waals surface area (Å²) in [5.74, 6) is -0.345. The molecule has 0 atom stereocenters. The summed E-state index contributed by atoms with van der Waals surface area (Å²) in [6.07, 6.45) is 1.51.